The van der Waals surface area contributed by atoms with Gasteiger partial charge in [0.15, 0.2) is 0 Å². The van der Waals surface area contributed by atoms with E-state index in [-0.39, 0.29) is 11.8 Å². The topological polar surface area (TPSA) is 67.4 Å². The smallest absolute Gasteiger partial charge is 0.408 e. The Morgan fingerprint density at radius 2 is 1.67 bits per heavy atom. The van der Waals surface area contributed by atoms with E-state index in [1.54, 1.807) is 20.8 Å². The van der Waals surface area contributed by atoms with Crippen LogP contribution in [-0.2, 0) is 9.53 Å². The minimum atomic E-state index is -0.640. The Morgan fingerprint density at radius 3 is 2.12 bits per heavy atom. The minimum Gasteiger partial charge on any atom is -0.444 e. The van der Waals surface area contributed by atoms with Crippen LogP contribution in [0.25, 0.3) is 0 Å². The second-order valence-electron chi connectivity index (χ2n) is 7.58. The highest BCUT2D eigenvalue weighted by molar-refractivity contribution is 5.97. The highest BCUT2D eigenvalue weighted by atomic mass is 16.6. The molecule has 0 bridgehead atoms. The van der Waals surface area contributed by atoms with E-state index in [4.69, 9.17) is 4.74 Å². The summed E-state index contributed by atoms with van der Waals surface area (Å²) in [5.41, 5.74) is 2.17. The predicted molar refractivity (Wildman–Crippen MR) is 97.2 cm³/mol. The van der Waals surface area contributed by atoms with Gasteiger partial charge in [-0.1, -0.05) is 32.0 Å². The summed E-state index contributed by atoms with van der Waals surface area (Å²) in [4.78, 5) is 24.7. The predicted octanol–water partition coefficient (Wildman–Crippen LogP) is 4.18. The van der Waals surface area contributed by atoms with Gasteiger partial charge in [-0.25, -0.2) is 4.79 Å². The molecular formula is C19H30N2O3. The fourth-order valence-electron chi connectivity index (χ4n) is 2.37. The number of ether oxygens (including phenoxy) is 1. The number of alkyl carbamates (subject to hydrolysis) is 1. The lowest BCUT2D eigenvalue weighted by Crippen LogP contribution is -2.46. The zero-order valence-electron chi connectivity index (χ0n) is 15.8. The maximum Gasteiger partial charge on any atom is 0.408 e. The molecule has 0 aliphatic heterocycles. The lowest BCUT2D eigenvalue weighted by molar-refractivity contribution is -0.118. The average Bonchev–Trinajstić information content (AvgIpc) is 2.39. The van der Waals surface area contributed by atoms with Crippen molar-refractivity contribution in [3.63, 3.8) is 0 Å². The molecule has 1 rings (SSSR count). The van der Waals surface area contributed by atoms with Crippen LogP contribution in [0.2, 0.25) is 0 Å². The van der Waals surface area contributed by atoms with E-state index in [1.165, 1.54) is 0 Å². The van der Waals surface area contributed by atoms with E-state index in [1.807, 2.05) is 45.9 Å². The zero-order chi connectivity index (χ0) is 18.5. The molecule has 24 heavy (non-hydrogen) atoms. The van der Waals surface area contributed by atoms with Crippen LogP contribution in [-0.4, -0.2) is 23.6 Å². The SMILES string of the molecule is Cc1cccc(C)c1NC(=O)[C@H](CC(C)C)NC(=O)OC(C)(C)C. The van der Waals surface area contributed by atoms with E-state index in [9.17, 15) is 9.59 Å². The van der Waals surface area contributed by atoms with Crippen molar-refractivity contribution in [2.24, 2.45) is 5.92 Å². The van der Waals surface area contributed by atoms with Crippen LogP contribution in [0.5, 0.6) is 0 Å². The number of anilines is 1. The summed E-state index contributed by atoms with van der Waals surface area (Å²) in [7, 11) is 0. The molecule has 1 atom stereocenters. The van der Waals surface area contributed by atoms with Gasteiger partial charge in [0.25, 0.3) is 0 Å². The molecule has 0 aliphatic rings. The summed E-state index contributed by atoms with van der Waals surface area (Å²) in [6.07, 6.45) is -0.0412. The summed E-state index contributed by atoms with van der Waals surface area (Å²) < 4.78 is 5.27. The van der Waals surface area contributed by atoms with Gasteiger partial charge < -0.3 is 15.4 Å². The number of amides is 2. The lowest BCUT2D eigenvalue weighted by Gasteiger charge is -2.24. The van der Waals surface area contributed by atoms with Gasteiger partial charge in [0, 0.05) is 5.69 Å². The first-order valence-corrected chi connectivity index (χ1v) is 8.36. The van der Waals surface area contributed by atoms with Crippen molar-refractivity contribution < 1.29 is 14.3 Å². The molecule has 0 unspecified atom stereocenters. The van der Waals surface area contributed by atoms with Gasteiger partial charge in [-0.2, -0.15) is 0 Å². The third kappa shape index (κ3) is 6.60. The largest absolute Gasteiger partial charge is 0.444 e. The van der Waals surface area contributed by atoms with Crippen LogP contribution in [0.3, 0.4) is 0 Å². The quantitative estimate of drug-likeness (QED) is 0.849. The van der Waals surface area contributed by atoms with Gasteiger partial charge in [-0.05, 0) is 58.1 Å². The first-order valence-electron chi connectivity index (χ1n) is 8.36. The van der Waals surface area contributed by atoms with Crippen LogP contribution in [0, 0.1) is 19.8 Å². The zero-order valence-corrected chi connectivity index (χ0v) is 15.8. The first-order chi connectivity index (χ1) is 11.0. The second kappa shape index (κ2) is 8.18. The normalized spacial score (nSPS) is 12.7. The molecule has 0 saturated carbocycles. The maximum absolute atomic E-state index is 12.7. The van der Waals surface area contributed by atoms with E-state index in [2.05, 4.69) is 10.6 Å². The van der Waals surface area contributed by atoms with Crippen molar-refractivity contribution in [1.29, 1.82) is 0 Å². The molecule has 0 heterocycles. The van der Waals surface area contributed by atoms with Crippen molar-refractivity contribution >= 4 is 17.7 Å². The molecule has 2 amide bonds. The summed E-state index contributed by atoms with van der Waals surface area (Å²) in [6.45, 7) is 13.3. The van der Waals surface area contributed by atoms with Crippen LogP contribution in [0.1, 0.15) is 52.2 Å². The number of benzene rings is 1. The lowest BCUT2D eigenvalue weighted by atomic mass is 10.0. The summed E-state index contributed by atoms with van der Waals surface area (Å²) in [5, 5.41) is 5.63. The number of rotatable bonds is 5. The van der Waals surface area contributed by atoms with E-state index < -0.39 is 17.7 Å². The summed E-state index contributed by atoms with van der Waals surface area (Å²) in [6, 6.07) is 5.20. The Kier molecular flexibility index (Phi) is 6.81. The molecule has 0 fully saturated rings. The van der Waals surface area contributed by atoms with Crippen molar-refractivity contribution in [3.8, 4) is 0 Å². The number of hydrogen-bond donors (Lipinski definition) is 2. The van der Waals surface area contributed by atoms with Gasteiger partial charge in [0.05, 0.1) is 0 Å². The Bertz CT molecular complexity index is 569. The highest BCUT2D eigenvalue weighted by Gasteiger charge is 2.25. The number of aryl methyl sites for hydroxylation is 2. The monoisotopic (exact) mass is 334 g/mol. The summed E-state index contributed by atoms with van der Waals surface area (Å²) >= 11 is 0. The van der Waals surface area contributed by atoms with Crippen LogP contribution in [0.4, 0.5) is 10.5 Å². The van der Waals surface area contributed by atoms with Crippen molar-refractivity contribution in [1.82, 2.24) is 5.32 Å². The summed E-state index contributed by atoms with van der Waals surface area (Å²) in [5.74, 6) is 0.0283. The Labute approximate surface area is 145 Å². The highest BCUT2D eigenvalue weighted by Crippen LogP contribution is 2.20. The number of hydrogen-bond acceptors (Lipinski definition) is 3. The molecule has 134 valence electrons. The van der Waals surface area contributed by atoms with Crippen molar-refractivity contribution in [3.05, 3.63) is 29.3 Å². The van der Waals surface area contributed by atoms with Gasteiger partial charge in [0.2, 0.25) is 5.91 Å². The van der Waals surface area contributed by atoms with Gasteiger partial charge in [-0.15, -0.1) is 0 Å². The molecule has 5 nitrogen and oxygen atoms in total. The molecule has 0 saturated heterocycles. The van der Waals surface area contributed by atoms with Gasteiger partial charge in [0.1, 0.15) is 11.6 Å². The Hall–Kier alpha value is -2.04. The minimum absolute atomic E-state index is 0.230. The Balaban J connectivity index is 2.87. The molecule has 2 N–H and O–H groups in total. The molecule has 1 aromatic rings. The number of carbonyl (C=O) groups excluding carboxylic acids is 2. The molecular weight excluding hydrogens is 304 g/mol. The number of carbonyl (C=O) groups is 2. The van der Waals surface area contributed by atoms with Gasteiger partial charge in [-0.3, -0.25) is 4.79 Å². The molecule has 5 heteroatoms. The number of para-hydroxylation sites is 1. The Morgan fingerprint density at radius 1 is 1.12 bits per heavy atom. The first kappa shape index (κ1) is 20.0. The second-order valence-corrected chi connectivity index (χ2v) is 7.58. The van der Waals surface area contributed by atoms with Crippen LogP contribution >= 0.6 is 0 Å². The fourth-order valence-corrected chi connectivity index (χ4v) is 2.37. The standard InChI is InChI=1S/C19H30N2O3/c1-12(2)11-15(20-18(23)24-19(5,6)7)17(22)21-16-13(3)9-8-10-14(16)4/h8-10,12,15H,11H2,1-7H3,(H,20,23)(H,21,22)/t15-/m0/s1. The van der Waals surface area contributed by atoms with Crippen molar-refractivity contribution in [2.75, 3.05) is 5.32 Å². The average molecular weight is 334 g/mol. The van der Waals surface area contributed by atoms with E-state index >= 15 is 0 Å². The number of nitrogens with one attached hydrogen (secondary N) is 2. The third-order valence-electron chi connectivity index (χ3n) is 3.44. The van der Waals surface area contributed by atoms with E-state index in [0.29, 0.717) is 6.42 Å². The van der Waals surface area contributed by atoms with Crippen molar-refractivity contribution in [2.45, 2.75) is 66.5 Å². The molecule has 0 radical (unpaired) electrons. The molecule has 0 aromatic heterocycles. The van der Waals surface area contributed by atoms with Crippen LogP contribution in [0.15, 0.2) is 18.2 Å². The van der Waals surface area contributed by atoms with Gasteiger partial charge >= 0.3 is 6.09 Å². The van der Waals surface area contributed by atoms with E-state index in [0.717, 1.165) is 16.8 Å². The molecule has 1 aromatic carbocycles. The van der Waals surface area contributed by atoms with Crippen LogP contribution < -0.4 is 10.6 Å². The molecule has 0 aliphatic carbocycles. The molecule has 0 spiro atoms. The fraction of sp³-hybridized carbons (Fsp3) is 0.579. The maximum atomic E-state index is 12.7. The third-order valence-corrected chi connectivity index (χ3v) is 3.44.